The molecular formula is C22H33IN4O3S. The molecule has 2 heterocycles. The number of ether oxygens (including phenoxy) is 3. The highest BCUT2D eigenvalue weighted by Gasteiger charge is 2.24. The van der Waals surface area contributed by atoms with Gasteiger partial charge < -0.3 is 24.8 Å². The Kier molecular flexibility index (Phi) is 10.7. The highest BCUT2D eigenvalue weighted by Crippen LogP contribution is 2.34. The number of nitrogens with one attached hydrogen (secondary N) is 2. The van der Waals surface area contributed by atoms with Gasteiger partial charge in [0.15, 0.2) is 5.96 Å². The molecule has 0 radical (unpaired) electrons. The Morgan fingerprint density at radius 2 is 1.77 bits per heavy atom. The lowest BCUT2D eigenvalue weighted by Gasteiger charge is -2.27. The van der Waals surface area contributed by atoms with Gasteiger partial charge in [-0.1, -0.05) is 6.07 Å². The van der Waals surface area contributed by atoms with E-state index in [9.17, 15) is 0 Å². The van der Waals surface area contributed by atoms with E-state index in [1.54, 1.807) is 28.4 Å². The van der Waals surface area contributed by atoms with Gasteiger partial charge in [-0.3, -0.25) is 9.89 Å². The number of methoxy groups -OCH3 is 3. The summed E-state index contributed by atoms with van der Waals surface area (Å²) in [6, 6.07) is 8.42. The maximum absolute atomic E-state index is 5.55. The summed E-state index contributed by atoms with van der Waals surface area (Å²) in [5.74, 6) is 2.86. The van der Waals surface area contributed by atoms with Gasteiger partial charge in [0.05, 0.1) is 39.5 Å². The highest BCUT2D eigenvalue weighted by molar-refractivity contribution is 14.0. The second-order valence-electron chi connectivity index (χ2n) is 7.09. The van der Waals surface area contributed by atoms with E-state index in [1.165, 1.54) is 17.7 Å². The van der Waals surface area contributed by atoms with Crippen molar-refractivity contribution >= 4 is 41.3 Å². The molecular weight excluding hydrogens is 527 g/mol. The smallest absolute Gasteiger partial charge is 0.191 e. The van der Waals surface area contributed by atoms with Crippen LogP contribution in [-0.4, -0.2) is 58.9 Å². The number of guanidine groups is 1. The first kappa shape index (κ1) is 25.5. The summed E-state index contributed by atoms with van der Waals surface area (Å²) in [7, 11) is 6.70. The molecule has 1 aliphatic rings. The first-order valence-corrected chi connectivity index (χ1v) is 11.1. The van der Waals surface area contributed by atoms with Crippen molar-refractivity contribution < 1.29 is 14.2 Å². The lowest BCUT2D eigenvalue weighted by Crippen LogP contribution is -2.42. The average Bonchev–Trinajstić information content (AvgIpc) is 3.50. The summed E-state index contributed by atoms with van der Waals surface area (Å²) in [6.07, 6.45) is 2.54. The van der Waals surface area contributed by atoms with Crippen LogP contribution >= 0.6 is 35.3 Å². The van der Waals surface area contributed by atoms with Crippen molar-refractivity contribution in [2.24, 2.45) is 4.99 Å². The van der Waals surface area contributed by atoms with Crippen LogP contribution in [0, 0.1) is 0 Å². The Morgan fingerprint density at radius 1 is 1.10 bits per heavy atom. The lowest BCUT2D eigenvalue weighted by atomic mass is 10.1. The third-order valence-electron chi connectivity index (χ3n) is 5.39. The average molecular weight is 561 g/mol. The predicted molar refractivity (Wildman–Crippen MR) is 138 cm³/mol. The Morgan fingerprint density at radius 3 is 2.29 bits per heavy atom. The van der Waals surface area contributed by atoms with E-state index in [1.807, 2.05) is 23.5 Å². The SMILES string of the molecule is CN=C(NCc1c(OC)cc(OC)cc1OC)NCC(c1cccs1)N1CCCC1.I. The van der Waals surface area contributed by atoms with Crippen molar-refractivity contribution in [1.82, 2.24) is 15.5 Å². The number of hydrogen-bond donors (Lipinski definition) is 2. The minimum Gasteiger partial charge on any atom is -0.496 e. The fourth-order valence-electron chi connectivity index (χ4n) is 3.78. The van der Waals surface area contributed by atoms with Gasteiger partial charge in [0.2, 0.25) is 0 Å². The third kappa shape index (κ3) is 6.63. The van der Waals surface area contributed by atoms with Gasteiger partial charge in [0, 0.05) is 30.6 Å². The van der Waals surface area contributed by atoms with Crippen LogP contribution in [0.4, 0.5) is 0 Å². The molecule has 0 amide bonds. The molecule has 2 aromatic rings. The topological polar surface area (TPSA) is 67.4 Å². The van der Waals surface area contributed by atoms with Crippen molar-refractivity contribution in [2.45, 2.75) is 25.4 Å². The number of rotatable bonds is 9. The molecule has 1 atom stereocenters. The number of benzene rings is 1. The van der Waals surface area contributed by atoms with Gasteiger partial charge in [-0.15, -0.1) is 35.3 Å². The fourth-order valence-corrected chi connectivity index (χ4v) is 4.64. The van der Waals surface area contributed by atoms with Crippen LogP contribution in [0.5, 0.6) is 17.2 Å². The molecule has 9 heteroatoms. The number of hydrogen-bond acceptors (Lipinski definition) is 6. The number of thiophene rings is 1. The van der Waals surface area contributed by atoms with Crippen molar-refractivity contribution in [3.63, 3.8) is 0 Å². The number of halogens is 1. The standard InChI is InChI=1S/C22H32N4O3S.HI/c1-23-22(24-14-17-19(28-3)12-16(27-2)13-20(17)29-4)25-15-18(21-8-7-11-30-21)26-9-5-6-10-26;/h7-8,11-13,18H,5-6,9-10,14-15H2,1-4H3,(H2,23,24,25);1H. The van der Waals surface area contributed by atoms with Gasteiger partial charge in [0.25, 0.3) is 0 Å². The van der Waals surface area contributed by atoms with E-state index < -0.39 is 0 Å². The molecule has 3 rings (SSSR count). The molecule has 1 unspecified atom stereocenters. The van der Waals surface area contributed by atoms with Gasteiger partial charge in [-0.25, -0.2) is 0 Å². The molecule has 0 bridgehead atoms. The molecule has 172 valence electrons. The van der Waals surface area contributed by atoms with Crippen LogP contribution in [0.1, 0.15) is 29.3 Å². The molecule has 1 aromatic heterocycles. The molecule has 1 fully saturated rings. The molecule has 0 aliphatic carbocycles. The Hall–Kier alpha value is -1.72. The van der Waals surface area contributed by atoms with Gasteiger partial charge >= 0.3 is 0 Å². The van der Waals surface area contributed by atoms with Crippen LogP contribution in [0.15, 0.2) is 34.6 Å². The molecule has 31 heavy (non-hydrogen) atoms. The first-order valence-electron chi connectivity index (χ1n) is 10.2. The van der Waals surface area contributed by atoms with Crippen molar-refractivity contribution in [1.29, 1.82) is 0 Å². The van der Waals surface area contributed by atoms with Crippen molar-refractivity contribution in [2.75, 3.05) is 48.0 Å². The summed E-state index contributed by atoms with van der Waals surface area (Å²) >= 11 is 1.81. The minimum absolute atomic E-state index is 0. The van der Waals surface area contributed by atoms with E-state index in [4.69, 9.17) is 14.2 Å². The van der Waals surface area contributed by atoms with Gasteiger partial charge in [-0.05, 0) is 37.4 Å². The van der Waals surface area contributed by atoms with Crippen LogP contribution in [-0.2, 0) is 6.54 Å². The van der Waals surface area contributed by atoms with E-state index in [0.29, 0.717) is 29.8 Å². The quantitative estimate of drug-likeness (QED) is 0.276. The van der Waals surface area contributed by atoms with Crippen LogP contribution in [0.3, 0.4) is 0 Å². The second-order valence-corrected chi connectivity index (χ2v) is 8.07. The van der Waals surface area contributed by atoms with E-state index in [2.05, 4.69) is 38.0 Å². The first-order chi connectivity index (χ1) is 14.7. The van der Waals surface area contributed by atoms with Crippen molar-refractivity contribution in [3.05, 3.63) is 40.1 Å². The van der Waals surface area contributed by atoms with E-state index in [-0.39, 0.29) is 24.0 Å². The summed E-state index contributed by atoms with van der Waals surface area (Å²) in [6.45, 7) is 3.62. The minimum atomic E-state index is 0. The van der Waals surface area contributed by atoms with Crippen LogP contribution in [0.25, 0.3) is 0 Å². The van der Waals surface area contributed by atoms with Crippen LogP contribution in [0.2, 0.25) is 0 Å². The monoisotopic (exact) mass is 560 g/mol. The van der Waals surface area contributed by atoms with Gasteiger partial charge in [0.1, 0.15) is 17.2 Å². The maximum Gasteiger partial charge on any atom is 0.191 e. The number of aliphatic imine (C=N–C) groups is 1. The maximum atomic E-state index is 5.55. The van der Waals surface area contributed by atoms with Crippen LogP contribution < -0.4 is 24.8 Å². The molecule has 0 saturated carbocycles. The Balaban J connectivity index is 0.00000341. The second kappa shape index (κ2) is 13.0. The molecule has 1 aliphatic heterocycles. The summed E-state index contributed by atoms with van der Waals surface area (Å²) < 4.78 is 16.4. The largest absolute Gasteiger partial charge is 0.496 e. The molecule has 1 aromatic carbocycles. The van der Waals surface area contributed by atoms with Gasteiger partial charge in [-0.2, -0.15) is 0 Å². The third-order valence-corrected chi connectivity index (χ3v) is 6.36. The molecule has 0 spiro atoms. The normalized spacial score (nSPS) is 15.2. The summed E-state index contributed by atoms with van der Waals surface area (Å²) in [4.78, 5) is 8.35. The zero-order valence-corrected chi connectivity index (χ0v) is 21.8. The summed E-state index contributed by atoms with van der Waals surface area (Å²) in [5.41, 5.74) is 0.915. The molecule has 7 nitrogen and oxygen atoms in total. The molecule has 2 N–H and O–H groups in total. The highest BCUT2D eigenvalue weighted by atomic mass is 127. The number of likely N-dealkylation sites (tertiary alicyclic amines) is 1. The van der Waals surface area contributed by atoms with Crippen molar-refractivity contribution in [3.8, 4) is 17.2 Å². The Labute approximate surface area is 206 Å². The number of nitrogens with zero attached hydrogens (tertiary/aromatic N) is 2. The fraction of sp³-hybridized carbons (Fsp3) is 0.500. The predicted octanol–water partition coefficient (Wildman–Crippen LogP) is 3.89. The van der Waals surface area contributed by atoms with E-state index >= 15 is 0 Å². The summed E-state index contributed by atoms with van der Waals surface area (Å²) in [5, 5.41) is 9.03. The van der Waals surface area contributed by atoms with E-state index in [0.717, 1.165) is 31.2 Å². The molecule has 1 saturated heterocycles. The zero-order valence-electron chi connectivity index (χ0n) is 18.6. The zero-order chi connectivity index (χ0) is 21.3. The lowest BCUT2D eigenvalue weighted by molar-refractivity contribution is 0.249. The Bertz CT molecular complexity index is 801.